The minimum Gasteiger partial charge on any atom is -0.477 e. The third-order valence-electron chi connectivity index (χ3n) is 8.74. The van der Waals surface area contributed by atoms with Crippen molar-refractivity contribution in [2.75, 3.05) is 23.0 Å². The van der Waals surface area contributed by atoms with Crippen LogP contribution in [0.15, 0.2) is 113 Å². The first kappa shape index (κ1) is 33.1. The molecule has 250 valence electrons. The van der Waals surface area contributed by atoms with Crippen molar-refractivity contribution in [2.45, 2.75) is 29.8 Å². The molecule has 4 aromatic rings. The lowest BCUT2D eigenvalue weighted by Crippen LogP contribution is -2.71. The molecule has 3 aromatic carbocycles. The predicted octanol–water partition coefficient (Wildman–Crippen LogP) is 5.81. The van der Waals surface area contributed by atoms with Crippen molar-refractivity contribution < 1.29 is 24.3 Å². The maximum Gasteiger partial charge on any atom is 0.352 e. The Balaban J connectivity index is 1.20. The SMILES string of the molecule is O=C(O)C1=C(CBr)CS[C@@H]2[C@H](NC(=O)/C(=N\OCC3CC3)c3csc(NC(c4ccccc4)(c4ccccc4)c4ccccc4)n3)C(=O)N12. The second kappa shape index (κ2) is 14.2. The number of nitrogens with zero attached hydrogens (tertiary/aromatic N) is 3. The maximum absolute atomic E-state index is 13.9. The molecule has 1 aliphatic carbocycles. The molecular weight excluding hydrogens is 726 g/mol. The number of hydrogen-bond acceptors (Lipinski definition) is 9. The molecule has 2 amide bonds. The number of carbonyl (C=O) groups excluding carboxylic acids is 2. The number of aliphatic carboxylic acids is 1. The number of rotatable bonds is 13. The Morgan fingerprint density at radius 1 is 0.980 bits per heavy atom. The summed E-state index contributed by atoms with van der Waals surface area (Å²) in [6, 6.07) is 29.4. The van der Waals surface area contributed by atoms with E-state index < -0.39 is 34.7 Å². The Bertz CT molecular complexity index is 1820. The first-order valence-corrected chi connectivity index (χ1v) is 18.8. The maximum atomic E-state index is 13.9. The molecule has 49 heavy (non-hydrogen) atoms. The summed E-state index contributed by atoms with van der Waals surface area (Å²) in [6.07, 6.45) is 2.09. The van der Waals surface area contributed by atoms with Gasteiger partial charge in [-0.1, -0.05) is 112 Å². The van der Waals surface area contributed by atoms with Gasteiger partial charge in [0.2, 0.25) is 0 Å². The Labute approximate surface area is 299 Å². The van der Waals surface area contributed by atoms with Gasteiger partial charge in [0.25, 0.3) is 11.8 Å². The van der Waals surface area contributed by atoms with Gasteiger partial charge < -0.3 is 20.6 Å². The number of fused-ring (bicyclic) bond motifs is 1. The number of anilines is 1. The van der Waals surface area contributed by atoms with Crippen molar-refractivity contribution in [1.82, 2.24) is 15.2 Å². The summed E-state index contributed by atoms with van der Waals surface area (Å²) in [5.41, 5.74) is 2.98. The number of alkyl halides is 1. The van der Waals surface area contributed by atoms with Crippen LogP contribution in [-0.2, 0) is 24.8 Å². The topological polar surface area (TPSA) is 133 Å². The highest BCUT2D eigenvalue weighted by molar-refractivity contribution is 9.09. The zero-order valence-corrected chi connectivity index (χ0v) is 29.3. The Morgan fingerprint density at radius 2 is 1.57 bits per heavy atom. The summed E-state index contributed by atoms with van der Waals surface area (Å²) >= 11 is 6.06. The van der Waals surface area contributed by atoms with Crippen LogP contribution in [0.4, 0.5) is 5.13 Å². The molecule has 1 saturated carbocycles. The molecule has 0 bridgehead atoms. The van der Waals surface area contributed by atoms with E-state index >= 15 is 0 Å². The molecule has 2 aliphatic heterocycles. The highest BCUT2D eigenvalue weighted by Gasteiger charge is 2.54. The number of halogens is 1. The molecule has 7 rings (SSSR count). The minimum absolute atomic E-state index is 0.0354. The number of carboxylic acids is 1. The first-order chi connectivity index (χ1) is 23.9. The second-order valence-corrected chi connectivity index (χ2v) is 14.5. The van der Waals surface area contributed by atoms with Crippen molar-refractivity contribution in [1.29, 1.82) is 0 Å². The molecule has 13 heteroatoms. The van der Waals surface area contributed by atoms with Crippen molar-refractivity contribution in [3.05, 3.63) is 130 Å². The standard InChI is InChI=1S/C36H32BrN5O5S2/c37-18-23-20-48-33-29(32(44)42(33)30(23)34(45)46)39-31(43)28(41-47-19-22-16-17-22)27-21-49-35(38-27)40-36(24-10-4-1-5-11-24,25-12-6-2-7-13-25)26-14-8-3-9-15-26/h1-15,21-22,29,33H,16-20H2,(H,38,40)(H,39,43)(H,45,46)/b41-28-/t29-,33-/m1/s1. The van der Waals surface area contributed by atoms with E-state index in [9.17, 15) is 19.5 Å². The van der Waals surface area contributed by atoms with Crippen LogP contribution in [0.3, 0.4) is 0 Å². The van der Waals surface area contributed by atoms with Crippen LogP contribution in [0.1, 0.15) is 35.2 Å². The highest BCUT2D eigenvalue weighted by Crippen LogP contribution is 2.42. The normalized spacial score (nSPS) is 19.2. The summed E-state index contributed by atoms with van der Waals surface area (Å²) in [5.74, 6) is -1.47. The number of thiazole rings is 1. The average Bonchev–Trinajstić information content (AvgIpc) is 3.86. The van der Waals surface area contributed by atoms with E-state index in [1.165, 1.54) is 28.0 Å². The number of oxime groups is 1. The number of carbonyl (C=O) groups is 3. The first-order valence-electron chi connectivity index (χ1n) is 15.8. The fraction of sp³-hybridized carbons (Fsp3) is 0.250. The van der Waals surface area contributed by atoms with E-state index in [-0.39, 0.29) is 17.1 Å². The van der Waals surface area contributed by atoms with Crippen LogP contribution in [0.2, 0.25) is 0 Å². The van der Waals surface area contributed by atoms with Crippen molar-refractivity contribution in [2.24, 2.45) is 11.1 Å². The van der Waals surface area contributed by atoms with Gasteiger partial charge in [-0.25, -0.2) is 9.78 Å². The largest absolute Gasteiger partial charge is 0.477 e. The van der Waals surface area contributed by atoms with Crippen LogP contribution < -0.4 is 10.6 Å². The molecule has 3 N–H and O–H groups in total. The van der Waals surface area contributed by atoms with E-state index in [1.54, 1.807) is 5.38 Å². The molecule has 0 spiro atoms. The van der Waals surface area contributed by atoms with Crippen molar-refractivity contribution in [3.63, 3.8) is 0 Å². The number of aromatic nitrogens is 1. The van der Waals surface area contributed by atoms with Gasteiger partial charge in [0.1, 0.15) is 35.0 Å². The monoisotopic (exact) mass is 757 g/mol. The van der Waals surface area contributed by atoms with E-state index in [4.69, 9.17) is 9.82 Å². The van der Waals surface area contributed by atoms with Crippen LogP contribution in [0.5, 0.6) is 0 Å². The average molecular weight is 759 g/mol. The predicted molar refractivity (Wildman–Crippen MR) is 194 cm³/mol. The zero-order valence-electron chi connectivity index (χ0n) is 26.1. The molecule has 1 aromatic heterocycles. The smallest absolute Gasteiger partial charge is 0.352 e. The van der Waals surface area contributed by atoms with E-state index in [0.717, 1.165) is 29.5 Å². The van der Waals surface area contributed by atoms with E-state index in [0.29, 0.717) is 34.3 Å². The minimum atomic E-state index is -1.17. The molecule has 0 radical (unpaired) electrons. The zero-order chi connectivity index (χ0) is 34.0. The lowest BCUT2D eigenvalue weighted by Gasteiger charge is -2.49. The van der Waals surface area contributed by atoms with E-state index in [1.807, 2.05) is 54.6 Å². The third kappa shape index (κ3) is 6.50. The molecular formula is C36H32BrN5O5S2. The van der Waals surface area contributed by atoms with Gasteiger partial charge in [-0.3, -0.25) is 14.5 Å². The van der Waals surface area contributed by atoms with Gasteiger partial charge in [0.05, 0.1) is 0 Å². The fourth-order valence-corrected chi connectivity index (χ4v) is 8.90. The number of hydrogen-bond donors (Lipinski definition) is 3. The number of β-lactam (4-membered cyclic amide) rings is 1. The molecule has 10 nitrogen and oxygen atoms in total. The molecule has 1 saturated heterocycles. The van der Waals surface area contributed by atoms with Crippen LogP contribution in [0.25, 0.3) is 0 Å². The molecule has 3 heterocycles. The summed E-state index contributed by atoms with van der Waals surface area (Å²) in [7, 11) is 0. The fourth-order valence-electron chi connectivity index (χ4n) is 6.07. The van der Waals surface area contributed by atoms with Gasteiger partial charge in [-0.05, 0) is 41.0 Å². The van der Waals surface area contributed by atoms with Crippen molar-refractivity contribution >= 4 is 67.7 Å². The van der Waals surface area contributed by atoms with Gasteiger partial charge in [-0.2, -0.15) is 0 Å². The third-order valence-corrected chi connectivity index (χ3v) is 11.5. The van der Waals surface area contributed by atoms with Crippen LogP contribution >= 0.6 is 39.0 Å². The summed E-state index contributed by atoms with van der Waals surface area (Å²) in [4.78, 5) is 50.9. The number of nitrogens with one attached hydrogen (secondary N) is 2. The Morgan fingerprint density at radius 3 is 2.10 bits per heavy atom. The number of benzene rings is 3. The number of amides is 2. The second-order valence-electron chi connectivity index (χ2n) is 11.9. The van der Waals surface area contributed by atoms with Crippen molar-refractivity contribution in [3.8, 4) is 0 Å². The van der Waals surface area contributed by atoms with E-state index in [2.05, 4.69) is 68.1 Å². The quantitative estimate of drug-likeness (QED) is 0.0512. The highest BCUT2D eigenvalue weighted by atomic mass is 79.9. The summed E-state index contributed by atoms with van der Waals surface area (Å²) < 4.78 is 0. The summed E-state index contributed by atoms with van der Waals surface area (Å²) in [6.45, 7) is 0.377. The van der Waals surface area contributed by atoms with Crippen LogP contribution in [-0.4, -0.2) is 67.6 Å². The molecule has 2 atom stereocenters. The lowest BCUT2D eigenvalue weighted by atomic mass is 9.77. The van der Waals surface area contributed by atoms with Gasteiger partial charge in [-0.15, -0.1) is 23.1 Å². The van der Waals surface area contributed by atoms with Crippen LogP contribution in [0, 0.1) is 5.92 Å². The molecule has 0 unspecified atom stereocenters. The Kier molecular flexibility index (Phi) is 9.57. The van der Waals surface area contributed by atoms with Gasteiger partial charge in [0, 0.05) is 16.5 Å². The van der Waals surface area contributed by atoms with Gasteiger partial charge in [0.15, 0.2) is 10.8 Å². The van der Waals surface area contributed by atoms with Gasteiger partial charge >= 0.3 is 5.97 Å². The number of carboxylic acid groups (broad SMARTS) is 1. The summed E-state index contributed by atoms with van der Waals surface area (Å²) in [5, 5.41) is 22.7. The molecule has 2 fully saturated rings. The lowest BCUT2D eigenvalue weighted by molar-refractivity contribution is -0.150. The Hall–Kier alpha value is -4.46. The molecule has 3 aliphatic rings. The number of thioether (sulfide) groups is 1.